The number of nitrogens with zero attached hydrogens (tertiary/aromatic N) is 6. The summed E-state index contributed by atoms with van der Waals surface area (Å²) < 4.78 is 2.07. The van der Waals surface area contributed by atoms with E-state index in [1.165, 1.54) is 0 Å². The van der Waals surface area contributed by atoms with Gasteiger partial charge in [-0.1, -0.05) is 20.8 Å². The number of nitrogens with one attached hydrogen (secondary N) is 1. The second-order valence-electron chi connectivity index (χ2n) is 6.77. The summed E-state index contributed by atoms with van der Waals surface area (Å²) in [5.74, 6) is 2.59. The summed E-state index contributed by atoms with van der Waals surface area (Å²) >= 11 is 0. The maximum absolute atomic E-state index is 11.5. The van der Waals surface area contributed by atoms with Crippen LogP contribution >= 0.6 is 0 Å². The Morgan fingerprint density at radius 2 is 1.96 bits per heavy atom. The Bertz CT molecular complexity index is 573. The number of aryl methyl sites for hydroxylation is 1. The molecule has 0 bridgehead atoms. The van der Waals surface area contributed by atoms with Crippen LogP contribution in [-0.2, 0) is 17.8 Å². The van der Waals surface area contributed by atoms with Crippen molar-refractivity contribution in [2.24, 2.45) is 10.9 Å². The molecular formula is C17H31N7O. The van der Waals surface area contributed by atoms with Gasteiger partial charge >= 0.3 is 0 Å². The minimum atomic E-state index is 0.146. The summed E-state index contributed by atoms with van der Waals surface area (Å²) in [6, 6.07) is 0. The largest absolute Gasteiger partial charge is 0.354 e. The Morgan fingerprint density at radius 1 is 1.28 bits per heavy atom. The molecule has 0 spiro atoms. The van der Waals surface area contributed by atoms with Crippen molar-refractivity contribution >= 4 is 11.9 Å². The molecule has 0 radical (unpaired) electrons. The maximum Gasteiger partial charge on any atom is 0.219 e. The van der Waals surface area contributed by atoms with Crippen molar-refractivity contribution < 1.29 is 4.79 Å². The van der Waals surface area contributed by atoms with E-state index in [2.05, 4.69) is 45.8 Å². The third-order valence-corrected chi connectivity index (χ3v) is 4.28. The quantitative estimate of drug-likeness (QED) is 0.601. The molecule has 1 amide bonds. The molecule has 0 aliphatic carbocycles. The number of aromatic nitrogens is 3. The van der Waals surface area contributed by atoms with Crippen molar-refractivity contribution in [1.82, 2.24) is 29.9 Å². The first-order valence-electron chi connectivity index (χ1n) is 9.16. The molecule has 1 N–H and O–H groups in total. The third kappa shape index (κ3) is 5.72. The highest BCUT2D eigenvalue weighted by Crippen LogP contribution is 2.04. The van der Waals surface area contributed by atoms with Crippen LogP contribution in [-0.4, -0.2) is 75.7 Å². The van der Waals surface area contributed by atoms with Crippen molar-refractivity contribution in [3.8, 4) is 0 Å². The molecule has 2 rings (SSSR count). The van der Waals surface area contributed by atoms with Gasteiger partial charge in [0.1, 0.15) is 12.2 Å². The first-order valence-corrected chi connectivity index (χ1v) is 9.16. The molecule has 0 atom stereocenters. The van der Waals surface area contributed by atoms with Crippen molar-refractivity contribution in [3.05, 3.63) is 12.2 Å². The molecule has 0 aromatic carbocycles. The minimum absolute atomic E-state index is 0.146. The lowest BCUT2D eigenvalue weighted by Crippen LogP contribution is -2.53. The number of carbonyl (C=O) groups excluding carboxylic acids is 1. The average molecular weight is 349 g/mol. The topological polar surface area (TPSA) is 78.7 Å². The molecule has 0 saturated carbocycles. The first kappa shape index (κ1) is 19.2. The fraction of sp³-hybridized carbons (Fsp3) is 0.765. The molecule has 1 aromatic heterocycles. The second kappa shape index (κ2) is 9.39. The molecule has 8 heteroatoms. The van der Waals surface area contributed by atoms with Gasteiger partial charge in [0.05, 0.1) is 0 Å². The predicted molar refractivity (Wildman–Crippen MR) is 98.4 cm³/mol. The SMILES string of the molecule is CCc1nncn1CCNC(=NCC(C)C)N1CCN(C(C)=O)CC1. The Morgan fingerprint density at radius 3 is 2.56 bits per heavy atom. The lowest BCUT2D eigenvalue weighted by atomic mass is 10.2. The molecule has 25 heavy (non-hydrogen) atoms. The van der Waals surface area contributed by atoms with Crippen LogP contribution in [0.5, 0.6) is 0 Å². The van der Waals surface area contributed by atoms with Crippen LogP contribution in [0.15, 0.2) is 11.3 Å². The molecule has 8 nitrogen and oxygen atoms in total. The van der Waals surface area contributed by atoms with Gasteiger partial charge in [-0.25, -0.2) is 0 Å². The summed E-state index contributed by atoms with van der Waals surface area (Å²) in [5, 5.41) is 11.6. The van der Waals surface area contributed by atoms with Crippen molar-refractivity contribution in [3.63, 3.8) is 0 Å². The van der Waals surface area contributed by atoms with Crippen LogP contribution < -0.4 is 5.32 Å². The van der Waals surface area contributed by atoms with E-state index >= 15 is 0 Å². The van der Waals surface area contributed by atoms with E-state index in [4.69, 9.17) is 4.99 Å². The minimum Gasteiger partial charge on any atom is -0.354 e. The van der Waals surface area contributed by atoms with Crippen molar-refractivity contribution in [2.75, 3.05) is 39.3 Å². The summed E-state index contributed by atoms with van der Waals surface area (Å²) in [6.45, 7) is 13.6. The fourth-order valence-electron chi connectivity index (χ4n) is 2.80. The van der Waals surface area contributed by atoms with Gasteiger partial charge in [0.15, 0.2) is 5.96 Å². The number of carbonyl (C=O) groups is 1. The number of hydrogen-bond acceptors (Lipinski definition) is 4. The molecule has 0 unspecified atom stereocenters. The zero-order valence-corrected chi connectivity index (χ0v) is 15.9. The van der Waals surface area contributed by atoms with Gasteiger partial charge in [-0.15, -0.1) is 10.2 Å². The number of rotatable bonds is 6. The van der Waals surface area contributed by atoms with Crippen molar-refractivity contribution in [1.29, 1.82) is 0 Å². The summed E-state index contributed by atoms with van der Waals surface area (Å²) in [4.78, 5) is 20.4. The van der Waals surface area contributed by atoms with E-state index in [1.54, 1.807) is 13.3 Å². The highest BCUT2D eigenvalue weighted by atomic mass is 16.2. The molecule has 1 aliphatic heterocycles. The smallest absolute Gasteiger partial charge is 0.219 e. The van der Waals surface area contributed by atoms with Crippen LogP contribution in [0.25, 0.3) is 0 Å². The van der Waals surface area contributed by atoms with Crippen LogP contribution in [0.3, 0.4) is 0 Å². The maximum atomic E-state index is 11.5. The van der Waals surface area contributed by atoms with E-state index in [-0.39, 0.29) is 5.91 Å². The Hall–Kier alpha value is -2.12. The highest BCUT2D eigenvalue weighted by Gasteiger charge is 2.21. The lowest BCUT2D eigenvalue weighted by Gasteiger charge is -2.36. The molecule has 2 heterocycles. The van der Waals surface area contributed by atoms with Gasteiger partial charge in [0.25, 0.3) is 0 Å². The highest BCUT2D eigenvalue weighted by molar-refractivity contribution is 5.80. The number of guanidine groups is 1. The van der Waals surface area contributed by atoms with E-state index in [9.17, 15) is 4.79 Å². The van der Waals surface area contributed by atoms with Crippen molar-refractivity contribution in [2.45, 2.75) is 40.7 Å². The van der Waals surface area contributed by atoms with Crippen LogP contribution in [0.2, 0.25) is 0 Å². The second-order valence-corrected chi connectivity index (χ2v) is 6.77. The summed E-state index contributed by atoms with van der Waals surface area (Å²) in [5.41, 5.74) is 0. The molecular weight excluding hydrogens is 318 g/mol. The molecule has 1 saturated heterocycles. The summed E-state index contributed by atoms with van der Waals surface area (Å²) in [6.07, 6.45) is 2.65. The third-order valence-electron chi connectivity index (χ3n) is 4.28. The molecule has 1 aromatic rings. The zero-order chi connectivity index (χ0) is 18.2. The van der Waals surface area contributed by atoms with Gasteiger partial charge in [0.2, 0.25) is 5.91 Å². The molecule has 1 fully saturated rings. The number of aliphatic imine (C=N–C) groups is 1. The zero-order valence-electron chi connectivity index (χ0n) is 15.9. The predicted octanol–water partition coefficient (Wildman–Crippen LogP) is 0.606. The molecule has 140 valence electrons. The monoisotopic (exact) mass is 349 g/mol. The Kier molecular flexibility index (Phi) is 7.21. The molecule has 1 aliphatic rings. The normalized spacial score (nSPS) is 15.8. The van der Waals surface area contributed by atoms with E-state index < -0.39 is 0 Å². The van der Waals surface area contributed by atoms with Crippen LogP contribution in [0, 0.1) is 5.92 Å². The van der Waals surface area contributed by atoms with Gasteiger partial charge in [0, 0.05) is 59.2 Å². The first-order chi connectivity index (χ1) is 12.0. The van der Waals surface area contributed by atoms with Crippen LogP contribution in [0.4, 0.5) is 0 Å². The van der Waals surface area contributed by atoms with Gasteiger partial charge in [-0.3, -0.25) is 9.79 Å². The van der Waals surface area contributed by atoms with E-state index in [1.807, 2.05) is 4.90 Å². The number of amides is 1. The van der Waals surface area contributed by atoms with Crippen LogP contribution in [0.1, 0.15) is 33.5 Å². The van der Waals surface area contributed by atoms with E-state index in [0.29, 0.717) is 5.92 Å². The Labute approximate surface area is 150 Å². The van der Waals surface area contributed by atoms with Gasteiger partial charge < -0.3 is 19.7 Å². The number of hydrogen-bond donors (Lipinski definition) is 1. The van der Waals surface area contributed by atoms with E-state index in [0.717, 1.165) is 64.0 Å². The average Bonchev–Trinajstić information content (AvgIpc) is 3.05. The lowest BCUT2D eigenvalue weighted by molar-refractivity contribution is -0.130. The van der Waals surface area contributed by atoms with Gasteiger partial charge in [-0.2, -0.15) is 0 Å². The van der Waals surface area contributed by atoms with Gasteiger partial charge in [-0.05, 0) is 5.92 Å². The summed E-state index contributed by atoms with van der Waals surface area (Å²) in [7, 11) is 0. The number of piperazine rings is 1. The standard InChI is InChI=1S/C17H31N7O/c1-5-16-21-20-13-24(16)7-6-18-17(19-12-14(2)3)23-10-8-22(9-11-23)15(4)25/h13-14H,5-12H2,1-4H3,(H,18,19). The fourth-order valence-corrected chi connectivity index (χ4v) is 2.80. The Balaban J connectivity index is 1.92.